The molecule has 1 aromatic heterocycles. The average Bonchev–Trinajstić information content (AvgIpc) is 2.81. The Morgan fingerprint density at radius 1 is 1.38 bits per heavy atom. The molecule has 0 aliphatic rings. The summed E-state index contributed by atoms with van der Waals surface area (Å²) in [6.07, 6.45) is 3.00. The third-order valence-corrected chi connectivity index (χ3v) is 2.45. The van der Waals surface area contributed by atoms with Gasteiger partial charge in [-0.3, -0.25) is 0 Å². The van der Waals surface area contributed by atoms with Crippen molar-refractivity contribution in [3.8, 4) is 5.75 Å². The summed E-state index contributed by atoms with van der Waals surface area (Å²) < 4.78 is 23.7. The molecule has 0 saturated heterocycles. The van der Waals surface area contributed by atoms with Gasteiger partial charge in [0.25, 0.3) is 0 Å². The third-order valence-electron chi connectivity index (χ3n) is 2.45. The number of benzene rings is 1. The number of hydrogen-bond donors (Lipinski definition) is 1. The van der Waals surface area contributed by atoms with Gasteiger partial charge in [0, 0.05) is 5.56 Å². The Hall–Kier alpha value is -1.81. The summed E-state index contributed by atoms with van der Waals surface area (Å²) in [5.74, 6) is 0.0572. The van der Waals surface area contributed by atoms with E-state index in [2.05, 4.69) is 0 Å². The lowest BCUT2D eigenvalue weighted by Gasteiger charge is -2.14. The predicted molar refractivity (Wildman–Crippen MR) is 57.7 cm³/mol. The van der Waals surface area contributed by atoms with Gasteiger partial charge < -0.3 is 14.9 Å². The van der Waals surface area contributed by atoms with Crippen LogP contribution in [0, 0.1) is 5.82 Å². The van der Waals surface area contributed by atoms with E-state index in [1.807, 2.05) is 0 Å². The smallest absolute Gasteiger partial charge is 0.132 e. The Labute approximate surface area is 92.6 Å². The van der Waals surface area contributed by atoms with Gasteiger partial charge in [-0.25, -0.2) is 4.39 Å². The molecule has 0 bridgehead atoms. The van der Waals surface area contributed by atoms with Crippen molar-refractivity contribution >= 4 is 0 Å². The van der Waals surface area contributed by atoms with Crippen molar-refractivity contribution in [2.24, 2.45) is 5.73 Å². The van der Waals surface area contributed by atoms with E-state index in [9.17, 15) is 4.39 Å². The molecule has 0 amide bonds. The zero-order valence-corrected chi connectivity index (χ0v) is 8.81. The molecule has 0 aliphatic heterocycles. The SMILES string of the molecule is COc1cccc(F)c1C(N)c1ccoc1. The summed E-state index contributed by atoms with van der Waals surface area (Å²) in [6.45, 7) is 0. The second-order valence-electron chi connectivity index (χ2n) is 3.39. The van der Waals surface area contributed by atoms with Gasteiger partial charge in [0.1, 0.15) is 11.6 Å². The van der Waals surface area contributed by atoms with Gasteiger partial charge >= 0.3 is 0 Å². The van der Waals surface area contributed by atoms with Crippen molar-refractivity contribution in [3.05, 3.63) is 53.7 Å². The first-order chi connectivity index (χ1) is 7.74. The van der Waals surface area contributed by atoms with E-state index < -0.39 is 6.04 Å². The van der Waals surface area contributed by atoms with Gasteiger partial charge in [-0.2, -0.15) is 0 Å². The van der Waals surface area contributed by atoms with Crippen LogP contribution in [0.5, 0.6) is 5.75 Å². The summed E-state index contributed by atoms with van der Waals surface area (Å²) in [4.78, 5) is 0. The molecule has 16 heavy (non-hydrogen) atoms. The number of rotatable bonds is 3. The Balaban J connectivity index is 2.47. The summed E-state index contributed by atoms with van der Waals surface area (Å²) in [5, 5.41) is 0. The van der Waals surface area contributed by atoms with Crippen LogP contribution in [0.15, 0.2) is 41.2 Å². The van der Waals surface area contributed by atoms with E-state index in [4.69, 9.17) is 14.9 Å². The van der Waals surface area contributed by atoms with Gasteiger partial charge in [0.15, 0.2) is 0 Å². The van der Waals surface area contributed by atoms with Gasteiger partial charge in [-0.05, 0) is 18.2 Å². The molecule has 4 heteroatoms. The lowest BCUT2D eigenvalue weighted by atomic mass is 10.0. The van der Waals surface area contributed by atoms with Crippen molar-refractivity contribution in [1.29, 1.82) is 0 Å². The van der Waals surface area contributed by atoms with Crippen LogP contribution in [0.2, 0.25) is 0 Å². The molecule has 2 aromatic rings. The van der Waals surface area contributed by atoms with Crippen molar-refractivity contribution in [3.63, 3.8) is 0 Å². The maximum Gasteiger partial charge on any atom is 0.132 e. The number of ether oxygens (including phenoxy) is 1. The molecular weight excluding hydrogens is 209 g/mol. The quantitative estimate of drug-likeness (QED) is 0.866. The van der Waals surface area contributed by atoms with Crippen LogP contribution in [0.25, 0.3) is 0 Å². The van der Waals surface area contributed by atoms with E-state index in [-0.39, 0.29) is 5.82 Å². The summed E-state index contributed by atoms with van der Waals surface area (Å²) in [7, 11) is 1.49. The molecule has 0 fully saturated rings. The largest absolute Gasteiger partial charge is 0.496 e. The highest BCUT2D eigenvalue weighted by atomic mass is 19.1. The fourth-order valence-corrected chi connectivity index (χ4v) is 1.62. The van der Waals surface area contributed by atoms with Crippen LogP contribution in [0.3, 0.4) is 0 Å². The normalized spacial score (nSPS) is 12.4. The molecule has 1 heterocycles. The fraction of sp³-hybridized carbons (Fsp3) is 0.167. The Morgan fingerprint density at radius 2 is 2.19 bits per heavy atom. The first-order valence-electron chi connectivity index (χ1n) is 4.84. The molecule has 0 aliphatic carbocycles. The maximum absolute atomic E-state index is 13.7. The first-order valence-corrected chi connectivity index (χ1v) is 4.84. The van der Waals surface area contributed by atoms with Crippen LogP contribution in [-0.2, 0) is 0 Å². The van der Waals surface area contributed by atoms with E-state index in [1.54, 1.807) is 18.2 Å². The minimum atomic E-state index is -0.588. The second kappa shape index (κ2) is 4.37. The zero-order valence-electron chi connectivity index (χ0n) is 8.81. The second-order valence-corrected chi connectivity index (χ2v) is 3.39. The van der Waals surface area contributed by atoms with Crippen LogP contribution >= 0.6 is 0 Å². The van der Waals surface area contributed by atoms with Crippen molar-refractivity contribution in [1.82, 2.24) is 0 Å². The van der Waals surface area contributed by atoms with E-state index in [0.29, 0.717) is 16.9 Å². The Bertz CT molecular complexity index is 468. The first kappa shape index (κ1) is 10.7. The van der Waals surface area contributed by atoms with Crippen molar-refractivity contribution in [2.45, 2.75) is 6.04 Å². The highest BCUT2D eigenvalue weighted by molar-refractivity contribution is 5.41. The summed E-state index contributed by atoms with van der Waals surface area (Å²) in [5.41, 5.74) is 7.01. The number of halogens is 1. The number of hydrogen-bond acceptors (Lipinski definition) is 3. The highest BCUT2D eigenvalue weighted by Gasteiger charge is 2.19. The lowest BCUT2D eigenvalue weighted by Crippen LogP contribution is -2.14. The van der Waals surface area contributed by atoms with E-state index in [0.717, 1.165) is 0 Å². The molecule has 2 rings (SSSR count). The number of nitrogens with two attached hydrogens (primary N) is 1. The third kappa shape index (κ3) is 1.79. The molecule has 1 aromatic carbocycles. The molecule has 0 saturated carbocycles. The molecule has 1 unspecified atom stereocenters. The summed E-state index contributed by atoms with van der Waals surface area (Å²) in [6, 6.07) is 5.74. The van der Waals surface area contributed by atoms with Crippen molar-refractivity contribution < 1.29 is 13.5 Å². The Kier molecular flexibility index (Phi) is 2.92. The lowest BCUT2D eigenvalue weighted by molar-refractivity contribution is 0.402. The van der Waals surface area contributed by atoms with Crippen LogP contribution in [0.1, 0.15) is 17.2 Å². The van der Waals surface area contributed by atoms with Crippen molar-refractivity contribution in [2.75, 3.05) is 7.11 Å². The zero-order chi connectivity index (χ0) is 11.5. The van der Waals surface area contributed by atoms with Crippen LogP contribution in [-0.4, -0.2) is 7.11 Å². The monoisotopic (exact) mass is 221 g/mol. The minimum absolute atomic E-state index is 0.339. The average molecular weight is 221 g/mol. The van der Waals surface area contributed by atoms with Gasteiger partial charge in [0.05, 0.1) is 31.2 Å². The fourth-order valence-electron chi connectivity index (χ4n) is 1.62. The molecule has 3 nitrogen and oxygen atoms in total. The molecule has 1 atom stereocenters. The van der Waals surface area contributed by atoms with Crippen LogP contribution in [0.4, 0.5) is 4.39 Å². The molecule has 2 N–H and O–H groups in total. The van der Waals surface area contributed by atoms with Crippen LogP contribution < -0.4 is 10.5 Å². The molecular formula is C12H12FNO2. The maximum atomic E-state index is 13.7. The van der Waals surface area contributed by atoms with Gasteiger partial charge in [-0.15, -0.1) is 0 Å². The number of furan rings is 1. The topological polar surface area (TPSA) is 48.4 Å². The molecule has 84 valence electrons. The van der Waals surface area contributed by atoms with E-state index >= 15 is 0 Å². The minimum Gasteiger partial charge on any atom is -0.496 e. The summed E-state index contributed by atoms with van der Waals surface area (Å²) >= 11 is 0. The highest BCUT2D eigenvalue weighted by Crippen LogP contribution is 2.30. The molecule has 0 radical (unpaired) electrons. The van der Waals surface area contributed by atoms with Gasteiger partial charge in [-0.1, -0.05) is 6.07 Å². The van der Waals surface area contributed by atoms with Gasteiger partial charge in [0.2, 0.25) is 0 Å². The number of methoxy groups -OCH3 is 1. The van der Waals surface area contributed by atoms with E-state index in [1.165, 1.54) is 25.7 Å². The molecule has 0 spiro atoms. The standard InChI is InChI=1S/C12H12FNO2/c1-15-10-4-2-3-9(13)11(10)12(14)8-5-6-16-7-8/h2-7,12H,14H2,1H3. The predicted octanol–water partition coefficient (Wildman–Crippen LogP) is 2.48. The Morgan fingerprint density at radius 3 is 2.81 bits per heavy atom.